The van der Waals surface area contributed by atoms with Gasteiger partial charge in [0, 0.05) is 11.6 Å². The minimum absolute atomic E-state index is 0.0132. The highest BCUT2D eigenvalue weighted by Crippen LogP contribution is 2.38. The molecule has 0 bridgehead atoms. The van der Waals surface area contributed by atoms with Gasteiger partial charge in [0.05, 0.1) is 9.80 Å². The average Bonchev–Trinajstić information content (AvgIpc) is 2.41. The van der Waals surface area contributed by atoms with Crippen LogP contribution in [0.3, 0.4) is 0 Å². The molecule has 0 saturated carbocycles. The van der Waals surface area contributed by atoms with Gasteiger partial charge >= 0.3 is 0 Å². The maximum atomic E-state index is 12.0. The van der Waals surface area contributed by atoms with E-state index in [0.29, 0.717) is 5.56 Å². The van der Waals surface area contributed by atoms with E-state index >= 15 is 0 Å². The lowest BCUT2D eigenvalue weighted by atomic mass is 10.1. The highest BCUT2D eigenvalue weighted by molar-refractivity contribution is 7.95. The Bertz CT molecular complexity index is 559. The van der Waals surface area contributed by atoms with Gasteiger partial charge in [-0.2, -0.15) is 0 Å². The molecule has 1 aromatic carbocycles. The highest BCUT2D eigenvalue weighted by Gasteiger charge is 2.31. The van der Waals surface area contributed by atoms with E-state index in [0.717, 1.165) is 0 Å². The van der Waals surface area contributed by atoms with Crippen molar-refractivity contribution in [1.29, 1.82) is 0 Å². The van der Waals surface area contributed by atoms with E-state index in [2.05, 4.69) is 0 Å². The summed E-state index contributed by atoms with van der Waals surface area (Å²) in [5, 5.41) is 9.58. The highest BCUT2D eigenvalue weighted by atomic mass is 32.2. The number of nitrogens with two attached hydrogens (primary N) is 1. The zero-order chi connectivity index (χ0) is 11.9. The molecule has 16 heavy (non-hydrogen) atoms. The van der Waals surface area contributed by atoms with E-state index in [1.807, 2.05) is 0 Å². The average molecular weight is 239 g/mol. The summed E-state index contributed by atoms with van der Waals surface area (Å²) in [6, 6.07) is 4.26. The van der Waals surface area contributed by atoms with Crippen molar-refractivity contribution >= 4 is 15.9 Å². The van der Waals surface area contributed by atoms with Crippen LogP contribution in [0.2, 0.25) is 0 Å². The summed E-state index contributed by atoms with van der Waals surface area (Å²) in [5.41, 5.74) is 5.97. The largest absolute Gasteiger partial charge is 0.507 e. The van der Waals surface area contributed by atoms with Gasteiger partial charge in [0.2, 0.25) is 9.84 Å². The van der Waals surface area contributed by atoms with E-state index in [4.69, 9.17) is 5.73 Å². The lowest BCUT2D eigenvalue weighted by Gasteiger charge is -2.06. The van der Waals surface area contributed by atoms with Gasteiger partial charge in [-0.05, 0) is 31.6 Å². The second-order valence-corrected chi connectivity index (χ2v) is 5.96. The number of phenolic OH excluding ortho intramolecular Hbond substituents is 1. The molecule has 0 aromatic heterocycles. The Labute approximate surface area is 94.3 Å². The molecule has 4 nitrogen and oxygen atoms in total. The van der Waals surface area contributed by atoms with Gasteiger partial charge in [-0.3, -0.25) is 0 Å². The number of aromatic hydroxyl groups is 1. The zero-order valence-electron chi connectivity index (χ0n) is 8.84. The van der Waals surface area contributed by atoms with Crippen molar-refractivity contribution in [1.82, 2.24) is 0 Å². The summed E-state index contributed by atoms with van der Waals surface area (Å²) < 4.78 is 24.1. The first kappa shape index (κ1) is 11.2. The summed E-state index contributed by atoms with van der Waals surface area (Å²) in [6.45, 7) is 1.75. The predicted octanol–water partition coefficient (Wildman–Crippen LogP) is 1.26. The van der Waals surface area contributed by atoms with Gasteiger partial charge in [-0.25, -0.2) is 8.42 Å². The summed E-state index contributed by atoms with van der Waals surface area (Å²) in [7, 11) is -3.44. The summed E-state index contributed by atoms with van der Waals surface area (Å²) in [6.07, 6.45) is 1.79. The molecule has 1 aliphatic rings. The number of hydrogen-bond acceptors (Lipinski definition) is 4. The number of fused-ring (bicyclic) bond motifs is 1. The summed E-state index contributed by atoms with van der Waals surface area (Å²) in [5.74, 6) is -0.0132. The fourth-order valence-corrected chi connectivity index (χ4v) is 3.53. The maximum Gasteiger partial charge on any atom is 0.203 e. The molecular weight excluding hydrogens is 226 g/mol. The van der Waals surface area contributed by atoms with Crippen molar-refractivity contribution in [2.24, 2.45) is 5.73 Å². The Hall–Kier alpha value is -1.33. The molecule has 2 rings (SSSR count). The SMILES string of the molecule is CC(N)CC1=Cc2c(O)cccc2S1(=O)=O. The standard InChI is InChI=1S/C11H13NO3S/c1-7(12)5-8-6-9-10(13)3-2-4-11(9)16(8,14)15/h2-4,6-7,13H,5,12H2,1H3. The van der Waals surface area contributed by atoms with Crippen LogP contribution < -0.4 is 5.73 Å². The van der Waals surface area contributed by atoms with E-state index in [-0.39, 0.29) is 28.0 Å². The molecule has 1 heterocycles. The predicted molar refractivity (Wildman–Crippen MR) is 61.5 cm³/mol. The molecule has 0 saturated heterocycles. The van der Waals surface area contributed by atoms with Crippen LogP contribution in [-0.4, -0.2) is 19.6 Å². The van der Waals surface area contributed by atoms with Crippen LogP contribution in [0.1, 0.15) is 18.9 Å². The van der Waals surface area contributed by atoms with Gasteiger partial charge in [-0.15, -0.1) is 0 Å². The zero-order valence-corrected chi connectivity index (χ0v) is 9.66. The normalized spacial score (nSPS) is 19.0. The Morgan fingerprint density at radius 2 is 2.12 bits per heavy atom. The van der Waals surface area contributed by atoms with Crippen molar-refractivity contribution in [3.63, 3.8) is 0 Å². The first-order chi connectivity index (χ1) is 7.43. The molecule has 0 amide bonds. The van der Waals surface area contributed by atoms with E-state index in [9.17, 15) is 13.5 Å². The maximum absolute atomic E-state index is 12.0. The second-order valence-electron chi connectivity index (χ2n) is 3.98. The minimum atomic E-state index is -3.44. The Morgan fingerprint density at radius 1 is 1.44 bits per heavy atom. The first-order valence-corrected chi connectivity index (χ1v) is 6.44. The molecule has 1 aliphatic heterocycles. The number of sulfone groups is 1. The lowest BCUT2D eigenvalue weighted by Crippen LogP contribution is -2.17. The van der Waals surface area contributed by atoms with E-state index < -0.39 is 9.84 Å². The second kappa shape index (κ2) is 3.61. The van der Waals surface area contributed by atoms with Gasteiger partial charge in [0.1, 0.15) is 5.75 Å². The quantitative estimate of drug-likeness (QED) is 0.814. The van der Waals surface area contributed by atoms with Gasteiger partial charge in [0.15, 0.2) is 0 Å². The third-order valence-electron chi connectivity index (χ3n) is 2.51. The molecule has 3 N–H and O–H groups in total. The summed E-state index contributed by atoms with van der Waals surface area (Å²) in [4.78, 5) is 0.446. The van der Waals surface area contributed by atoms with Crippen LogP contribution in [0.4, 0.5) is 0 Å². The van der Waals surface area contributed by atoms with Gasteiger partial charge in [0.25, 0.3) is 0 Å². The van der Waals surface area contributed by atoms with E-state index in [1.165, 1.54) is 24.3 Å². The Kier molecular flexibility index (Phi) is 2.52. The van der Waals surface area contributed by atoms with Crippen molar-refractivity contribution < 1.29 is 13.5 Å². The lowest BCUT2D eigenvalue weighted by molar-refractivity contribution is 0.472. The molecule has 0 aliphatic carbocycles. The van der Waals surface area contributed by atoms with Crippen molar-refractivity contribution in [3.8, 4) is 5.75 Å². The Morgan fingerprint density at radius 3 is 2.69 bits per heavy atom. The number of rotatable bonds is 2. The molecule has 1 unspecified atom stereocenters. The van der Waals surface area contributed by atoms with Gasteiger partial charge < -0.3 is 10.8 Å². The van der Waals surface area contributed by atoms with Crippen LogP contribution in [0.25, 0.3) is 6.08 Å². The minimum Gasteiger partial charge on any atom is -0.507 e. The van der Waals surface area contributed by atoms with Crippen molar-refractivity contribution in [2.45, 2.75) is 24.3 Å². The molecule has 0 spiro atoms. The molecule has 1 atom stereocenters. The molecule has 1 aromatic rings. The Balaban J connectivity index is 2.57. The number of benzene rings is 1. The molecule has 5 heteroatoms. The van der Waals surface area contributed by atoms with Crippen LogP contribution in [0.15, 0.2) is 28.0 Å². The van der Waals surface area contributed by atoms with Crippen LogP contribution in [0.5, 0.6) is 5.75 Å². The van der Waals surface area contributed by atoms with Crippen molar-refractivity contribution in [2.75, 3.05) is 0 Å². The van der Waals surface area contributed by atoms with E-state index in [1.54, 1.807) is 6.92 Å². The molecule has 0 radical (unpaired) electrons. The van der Waals surface area contributed by atoms with Crippen LogP contribution in [0, 0.1) is 0 Å². The fraction of sp³-hybridized carbons (Fsp3) is 0.273. The van der Waals surface area contributed by atoms with Crippen molar-refractivity contribution in [3.05, 3.63) is 28.7 Å². The number of hydrogen-bond donors (Lipinski definition) is 2. The topological polar surface area (TPSA) is 80.4 Å². The number of phenols is 1. The monoisotopic (exact) mass is 239 g/mol. The third kappa shape index (κ3) is 1.62. The van der Waals surface area contributed by atoms with Crippen LogP contribution >= 0.6 is 0 Å². The fourth-order valence-electron chi connectivity index (χ4n) is 1.78. The molecule has 0 fully saturated rings. The molecule has 86 valence electrons. The first-order valence-electron chi connectivity index (χ1n) is 4.96. The third-order valence-corrected chi connectivity index (χ3v) is 4.42. The smallest absolute Gasteiger partial charge is 0.203 e. The molecular formula is C11H13NO3S. The summed E-state index contributed by atoms with van der Waals surface area (Å²) >= 11 is 0. The van der Waals surface area contributed by atoms with Gasteiger partial charge in [-0.1, -0.05) is 6.07 Å². The van der Waals surface area contributed by atoms with Crippen LogP contribution in [-0.2, 0) is 9.84 Å².